The van der Waals surface area contributed by atoms with Crippen LogP contribution in [-0.2, 0) is 4.79 Å². The van der Waals surface area contributed by atoms with Crippen LogP contribution in [0.4, 0.5) is 5.69 Å². The summed E-state index contributed by atoms with van der Waals surface area (Å²) in [7, 11) is 0. The van der Waals surface area contributed by atoms with Crippen molar-refractivity contribution in [2.24, 2.45) is 0 Å². The third-order valence-electron chi connectivity index (χ3n) is 3.43. The van der Waals surface area contributed by atoms with E-state index in [0.29, 0.717) is 11.4 Å². The molecule has 0 spiro atoms. The van der Waals surface area contributed by atoms with Crippen molar-refractivity contribution in [1.82, 2.24) is 0 Å². The van der Waals surface area contributed by atoms with Crippen molar-refractivity contribution in [3.8, 4) is 0 Å². The lowest BCUT2D eigenvalue weighted by molar-refractivity contribution is -0.119. The van der Waals surface area contributed by atoms with Gasteiger partial charge in [0.15, 0.2) is 0 Å². The van der Waals surface area contributed by atoms with Gasteiger partial charge in [-0.05, 0) is 37.5 Å². The van der Waals surface area contributed by atoms with E-state index in [9.17, 15) is 4.79 Å². The van der Waals surface area contributed by atoms with Crippen molar-refractivity contribution in [1.29, 1.82) is 0 Å². The van der Waals surface area contributed by atoms with E-state index >= 15 is 0 Å². The van der Waals surface area contributed by atoms with Gasteiger partial charge in [-0.25, -0.2) is 0 Å². The Morgan fingerprint density at radius 3 is 2.30 bits per heavy atom. The topological polar surface area (TPSA) is 20.3 Å². The average molecular weight is 296 g/mol. The number of hydrogen-bond donors (Lipinski definition) is 0. The first-order valence-corrected chi connectivity index (χ1v) is 8.09. The van der Waals surface area contributed by atoms with E-state index in [1.54, 1.807) is 0 Å². The molecule has 0 heterocycles. The molecule has 1 amide bonds. The smallest absolute Gasteiger partial charge is 0.227 e. The first kappa shape index (κ1) is 17.0. The van der Waals surface area contributed by atoms with Crippen LogP contribution in [0, 0.1) is 0 Å². The van der Waals surface area contributed by atoms with Gasteiger partial charge in [-0.2, -0.15) is 0 Å². The Morgan fingerprint density at radius 2 is 1.80 bits per heavy atom. The van der Waals surface area contributed by atoms with E-state index in [-0.39, 0.29) is 11.9 Å². The lowest BCUT2D eigenvalue weighted by Gasteiger charge is -2.32. The lowest BCUT2D eigenvalue weighted by Crippen LogP contribution is -2.40. The zero-order valence-corrected chi connectivity index (χ0v) is 13.6. The predicted octanol–water partition coefficient (Wildman–Crippen LogP) is 5.44. The molecule has 0 aliphatic heterocycles. The van der Waals surface area contributed by atoms with Crippen LogP contribution in [0.25, 0.3) is 0 Å². The lowest BCUT2D eigenvalue weighted by atomic mass is 10.0. The van der Waals surface area contributed by atoms with Gasteiger partial charge in [-0.1, -0.05) is 51.3 Å². The molecular formula is C17H26ClNO. The molecule has 1 aromatic rings. The average Bonchev–Trinajstić information content (AvgIpc) is 2.40. The largest absolute Gasteiger partial charge is 0.309 e. The molecule has 0 aliphatic rings. The van der Waals surface area contributed by atoms with Gasteiger partial charge in [-0.3, -0.25) is 4.79 Å². The molecule has 0 unspecified atom stereocenters. The van der Waals surface area contributed by atoms with Gasteiger partial charge in [0, 0.05) is 23.2 Å². The summed E-state index contributed by atoms with van der Waals surface area (Å²) in [5, 5.41) is 0.684. The summed E-state index contributed by atoms with van der Waals surface area (Å²) in [4.78, 5) is 14.5. The molecule has 112 valence electrons. The van der Waals surface area contributed by atoms with E-state index in [1.807, 2.05) is 36.1 Å². The van der Waals surface area contributed by atoms with Crippen molar-refractivity contribution in [3.05, 3.63) is 29.3 Å². The molecule has 0 bridgehead atoms. The zero-order chi connectivity index (χ0) is 15.0. The summed E-state index contributed by atoms with van der Waals surface area (Å²) in [6.07, 6.45) is 5.71. The van der Waals surface area contributed by atoms with Gasteiger partial charge in [-0.15, -0.1) is 0 Å². The second-order valence-electron chi connectivity index (χ2n) is 5.22. The minimum absolute atomic E-state index is 0.210. The first-order valence-electron chi connectivity index (χ1n) is 7.71. The normalized spacial score (nSPS) is 10.8. The van der Waals surface area contributed by atoms with Crippen LogP contribution in [0.5, 0.6) is 0 Å². The third kappa shape index (κ3) is 4.82. The van der Waals surface area contributed by atoms with Crippen molar-refractivity contribution in [2.45, 2.75) is 65.3 Å². The van der Waals surface area contributed by atoms with Crippen molar-refractivity contribution < 1.29 is 4.79 Å². The third-order valence-corrected chi connectivity index (χ3v) is 3.66. The fourth-order valence-corrected chi connectivity index (χ4v) is 2.77. The number of halogens is 1. The number of amides is 1. The van der Waals surface area contributed by atoms with Crippen LogP contribution >= 0.6 is 11.6 Å². The summed E-state index contributed by atoms with van der Waals surface area (Å²) in [6.45, 7) is 6.38. The number of anilines is 1. The molecule has 0 fully saturated rings. The number of benzene rings is 1. The maximum atomic E-state index is 12.5. The van der Waals surface area contributed by atoms with Crippen LogP contribution in [0.2, 0.25) is 5.02 Å². The van der Waals surface area contributed by atoms with Crippen LogP contribution in [-0.4, -0.2) is 11.9 Å². The monoisotopic (exact) mass is 295 g/mol. The van der Waals surface area contributed by atoms with Crippen LogP contribution in [0.1, 0.15) is 59.3 Å². The van der Waals surface area contributed by atoms with Crippen LogP contribution < -0.4 is 4.90 Å². The molecule has 2 nitrogen and oxygen atoms in total. The fraction of sp³-hybridized carbons (Fsp3) is 0.588. The Bertz CT molecular complexity index is 413. The number of hydrogen-bond acceptors (Lipinski definition) is 1. The van der Waals surface area contributed by atoms with Gasteiger partial charge in [0.05, 0.1) is 0 Å². The summed E-state index contributed by atoms with van der Waals surface area (Å²) in [5.41, 5.74) is 0.933. The SMILES string of the molecule is CCCC(=O)N(c1cccc(Cl)c1)C(CCC)CCC. The zero-order valence-electron chi connectivity index (χ0n) is 12.9. The highest BCUT2D eigenvalue weighted by atomic mass is 35.5. The van der Waals surface area contributed by atoms with Crippen LogP contribution in [0.3, 0.4) is 0 Å². The molecule has 0 aromatic heterocycles. The van der Waals surface area contributed by atoms with Crippen molar-refractivity contribution in [2.75, 3.05) is 4.90 Å². The number of carbonyl (C=O) groups excluding carboxylic acids is 1. The summed E-state index contributed by atoms with van der Waals surface area (Å²) in [6, 6.07) is 7.93. The maximum absolute atomic E-state index is 12.5. The second-order valence-corrected chi connectivity index (χ2v) is 5.66. The van der Waals surface area contributed by atoms with Gasteiger partial charge in [0.25, 0.3) is 0 Å². The molecule has 1 aromatic carbocycles. The standard InChI is InChI=1S/C17H26ClNO/c1-4-8-15(9-5-2)19(17(20)10-6-3)16-12-7-11-14(18)13-16/h7,11-13,15H,4-6,8-10H2,1-3H3. The van der Waals surface area contributed by atoms with Crippen molar-refractivity contribution in [3.63, 3.8) is 0 Å². The quantitative estimate of drug-likeness (QED) is 0.625. The fourth-order valence-electron chi connectivity index (χ4n) is 2.59. The molecule has 1 rings (SSSR count). The Kier molecular flexibility index (Phi) is 7.68. The molecule has 0 saturated heterocycles. The molecule has 0 N–H and O–H groups in total. The number of nitrogens with zero attached hydrogens (tertiary/aromatic N) is 1. The first-order chi connectivity index (χ1) is 9.63. The molecule has 0 aliphatic carbocycles. The molecular weight excluding hydrogens is 270 g/mol. The van der Waals surface area contributed by atoms with Gasteiger partial charge < -0.3 is 4.90 Å². The molecule has 3 heteroatoms. The Morgan fingerprint density at radius 1 is 1.15 bits per heavy atom. The van der Waals surface area contributed by atoms with Crippen molar-refractivity contribution >= 4 is 23.2 Å². The number of carbonyl (C=O) groups is 1. The van der Waals surface area contributed by atoms with E-state index in [0.717, 1.165) is 37.8 Å². The van der Waals surface area contributed by atoms with Gasteiger partial charge >= 0.3 is 0 Å². The maximum Gasteiger partial charge on any atom is 0.227 e. The molecule has 0 radical (unpaired) electrons. The predicted molar refractivity (Wildman–Crippen MR) is 87.5 cm³/mol. The highest BCUT2D eigenvalue weighted by molar-refractivity contribution is 6.30. The van der Waals surface area contributed by atoms with Gasteiger partial charge in [0.1, 0.15) is 0 Å². The minimum atomic E-state index is 0.210. The summed E-state index contributed by atoms with van der Waals surface area (Å²) in [5.74, 6) is 0.210. The van der Waals surface area contributed by atoms with E-state index < -0.39 is 0 Å². The van der Waals surface area contributed by atoms with E-state index in [4.69, 9.17) is 11.6 Å². The van der Waals surface area contributed by atoms with E-state index in [2.05, 4.69) is 13.8 Å². The Labute approximate surface area is 128 Å². The summed E-state index contributed by atoms with van der Waals surface area (Å²) >= 11 is 6.09. The summed E-state index contributed by atoms with van der Waals surface area (Å²) < 4.78 is 0. The number of rotatable bonds is 8. The highest BCUT2D eigenvalue weighted by Gasteiger charge is 2.23. The Balaban J connectivity index is 3.08. The van der Waals surface area contributed by atoms with E-state index in [1.165, 1.54) is 0 Å². The van der Waals surface area contributed by atoms with Gasteiger partial charge in [0.2, 0.25) is 5.91 Å². The highest BCUT2D eigenvalue weighted by Crippen LogP contribution is 2.26. The minimum Gasteiger partial charge on any atom is -0.309 e. The molecule has 0 saturated carbocycles. The Hall–Kier alpha value is -1.02. The second kappa shape index (κ2) is 9.02. The molecule has 0 atom stereocenters. The molecule has 20 heavy (non-hydrogen) atoms. The van der Waals surface area contributed by atoms with Crippen LogP contribution in [0.15, 0.2) is 24.3 Å².